The van der Waals surface area contributed by atoms with Crippen molar-refractivity contribution < 1.29 is 23.5 Å². The Morgan fingerprint density at radius 3 is 1.49 bits per heavy atom. The molecule has 3 rings (SSSR count). The molecule has 2 aromatic carbocycles. The SMILES string of the molecule is CCCCC=CC(=O)Oc1ccc(-c2nnc(-c3ccc(OC(=O)C=CCCCC)cc3)o2)cc1. The third kappa shape index (κ3) is 8.37. The number of rotatable bonds is 12. The maximum absolute atomic E-state index is 11.9. The quantitative estimate of drug-likeness (QED) is 0.125. The number of aromatic nitrogens is 2. The Bertz CT molecular complexity index is 1050. The smallest absolute Gasteiger partial charge is 0.335 e. The summed E-state index contributed by atoms with van der Waals surface area (Å²) in [5.74, 6) is 0.731. The molecule has 0 saturated heterocycles. The van der Waals surface area contributed by atoms with Gasteiger partial charge in [0.25, 0.3) is 0 Å². The summed E-state index contributed by atoms with van der Waals surface area (Å²) in [5, 5.41) is 8.20. The first-order valence-electron chi connectivity index (χ1n) is 11.9. The molecule has 1 aromatic heterocycles. The van der Waals surface area contributed by atoms with E-state index in [9.17, 15) is 9.59 Å². The van der Waals surface area contributed by atoms with E-state index in [1.807, 2.05) is 12.2 Å². The summed E-state index contributed by atoms with van der Waals surface area (Å²) in [6.07, 6.45) is 12.5. The van der Waals surface area contributed by atoms with Crippen LogP contribution in [0.5, 0.6) is 11.5 Å². The van der Waals surface area contributed by atoms with E-state index in [4.69, 9.17) is 13.9 Å². The summed E-state index contributed by atoms with van der Waals surface area (Å²) in [5.41, 5.74) is 1.39. The van der Waals surface area contributed by atoms with Crippen LogP contribution in [0.4, 0.5) is 0 Å². The van der Waals surface area contributed by atoms with Crippen molar-refractivity contribution in [3.8, 4) is 34.4 Å². The number of carbonyl (C=O) groups is 2. The molecule has 0 unspecified atom stereocenters. The molecule has 7 nitrogen and oxygen atoms in total. The molecule has 0 bridgehead atoms. The number of ether oxygens (including phenoxy) is 2. The van der Waals surface area contributed by atoms with Crippen molar-refractivity contribution in [2.24, 2.45) is 0 Å². The first-order valence-corrected chi connectivity index (χ1v) is 11.9. The molecule has 35 heavy (non-hydrogen) atoms. The Morgan fingerprint density at radius 2 is 1.11 bits per heavy atom. The average Bonchev–Trinajstić information content (AvgIpc) is 3.36. The summed E-state index contributed by atoms with van der Waals surface area (Å²) in [7, 11) is 0. The van der Waals surface area contributed by atoms with Crippen LogP contribution < -0.4 is 9.47 Å². The van der Waals surface area contributed by atoms with Gasteiger partial charge in [-0.1, -0.05) is 51.7 Å². The van der Waals surface area contributed by atoms with E-state index in [2.05, 4.69) is 24.0 Å². The number of allylic oxidation sites excluding steroid dienone is 2. The van der Waals surface area contributed by atoms with Crippen LogP contribution >= 0.6 is 0 Å². The monoisotopic (exact) mass is 474 g/mol. The highest BCUT2D eigenvalue weighted by atomic mass is 16.5. The number of hydrogen-bond acceptors (Lipinski definition) is 7. The lowest BCUT2D eigenvalue weighted by molar-refractivity contribution is -0.129. The van der Waals surface area contributed by atoms with Crippen molar-refractivity contribution >= 4 is 11.9 Å². The van der Waals surface area contributed by atoms with E-state index in [0.717, 1.165) is 38.5 Å². The first kappa shape index (κ1) is 25.6. The zero-order valence-corrected chi connectivity index (χ0v) is 20.1. The van der Waals surface area contributed by atoms with Crippen LogP contribution in [-0.4, -0.2) is 22.1 Å². The highest BCUT2D eigenvalue weighted by molar-refractivity contribution is 5.84. The Labute approximate surface area is 205 Å². The number of unbranched alkanes of at least 4 members (excludes halogenated alkanes) is 4. The van der Waals surface area contributed by atoms with Gasteiger partial charge in [-0.05, 0) is 61.4 Å². The van der Waals surface area contributed by atoms with Crippen molar-refractivity contribution in [1.29, 1.82) is 0 Å². The van der Waals surface area contributed by atoms with Crippen molar-refractivity contribution in [1.82, 2.24) is 10.2 Å². The molecule has 0 amide bonds. The number of hydrogen-bond donors (Lipinski definition) is 0. The van der Waals surface area contributed by atoms with Gasteiger partial charge in [0.05, 0.1) is 0 Å². The van der Waals surface area contributed by atoms with E-state index in [1.54, 1.807) is 48.5 Å². The molecular weight excluding hydrogens is 444 g/mol. The normalized spacial score (nSPS) is 11.3. The topological polar surface area (TPSA) is 91.5 Å². The largest absolute Gasteiger partial charge is 0.423 e. The van der Waals surface area contributed by atoms with Gasteiger partial charge >= 0.3 is 11.9 Å². The predicted molar refractivity (Wildman–Crippen MR) is 134 cm³/mol. The minimum absolute atomic E-state index is 0.338. The molecule has 7 heteroatoms. The van der Waals surface area contributed by atoms with Crippen LogP contribution in [0.1, 0.15) is 52.4 Å². The van der Waals surface area contributed by atoms with Gasteiger partial charge in [0, 0.05) is 23.3 Å². The van der Waals surface area contributed by atoms with Gasteiger partial charge in [0.15, 0.2) is 0 Å². The lowest BCUT2D eigenvalue weighted by Gasteiger charge is -2.02. The van der Waals surface area contributed by atoms with E-state index >= 15 is 0 Å². The summed E-state index contributed by atoms with van der Waals surface area (Å²) < 4.78 is 16.4. The molecule has 0 saturated carbocycles. The summed E-state index contributed by atoms with van der Waals surface area (Å²) >= 11 is 0. The molecule has 182 valence electrons. The van der Waals surface area contributed by atoms with Gasteiger partial charge in [-0.2, -0.15) is 0 Å². The lowest BCUT2D eigenvalue weighted by atomic mass is 10.2. The maximum Gasteiger partial charge on any atom is 0.335 e. The zero-order valence-electron chi connectivity index (χ0n) is 20.1. The molecule has 0 fully saturated rings. The minimum atomic E-state index is -0.407. The van der Waals surface area contributed by atoms with Crippen molar-refractivity contribution in [3.63, 3.8) is 0 Å². The van der Waals surface area contributed by atoms with E-state index in [1.165, 1.54) is 12.2 Å². The Hall–Kier alpha value is -4.00. The fraction of sp³-hybridized carbons (Fsp3) is 0.286. The summed E-state index contributed by atoms with van der Waals surface area (Å²) in [6.45, 7) is 4.20. The predicted octanol–water partition coefficient (Wildman–Crippen LogP) is 6.71. The van der Waals surface area contributed by atoms with Gasteiger partial charge in [-0.25, -0.2) is 9.59 Å². The molecule has 0 spiro atoms. The van der Waals surface area contributed by atoms with Crippen molar-refractivity contribution in [3.05, 3.63) is 72.8 Å². The third-order valence-corrected chi connectivity index (χ3v) is 5.02. The van der Waals surface area contributed by atoms with Crippen LogP contribution in [-0.2, 0) is 9.59 Å². The second-order valence-corrected chi connectivity index (χ2v) is 7.89. The number of benzene rings is 2. The fourth-order valence-corrected chi connectivity index (χ4v) is 3.09. The van der Waals surface area contributed by atoms with Crippen molar-refractivity contribution in [2.45, 2.75) is 52.4 Å². The molecule has 3 aromatic rings. The first-order chi connectivity index (χ1) is 17.1. The van der Waals surface area contributed by atoms with Crippen LogP contribution in [0.15, 0.2) is 77.3 Å². The van der Waals surface area contributed by atoms with Crippen LogP contribution in [0.2, 0.25) is 0 Å². The molecule has 0 N–H and O–H groups in total. The Balaban J connectivity index is 1.57. The lowest BCUT2D eigenvalue weighted by Crippen LogP contribution is -2.03. The second kappa shape index (κ2) is 13.6. The molecular formula is C28H30N2O5. The van der Waals surface area contributed by atoms with Crippen molar-refractivity contribution in [2.75, 3.05) is 0 Å². The minimum Gasteiger partial charge on any atom is -0.423 e. The van der Waals surface area contributed by atoms with Crippen LogP contribution in [0.3, 0.4) is 0 Å². The molecule has 1 heterocycles. The molecule has 0 aliphatic rings. The Morgan fingerprint density at radius 1 is 0.714 bits per heavy atom. The van der Waals surface area contributed by atoms with E-state index in [0.29, 0.717) is 34.4 Å². The van der Waals surface area contributed by atoms with E-state index < -0.39 is 11.9 Å². The second-order valence-electron chi connectivity index (χ2n) is 7.89. The maximum atomic E-state index is 11.9. The van der Waals surface area contributed by atoms with Gasteiger partial charge in [-0.3, -0.25) is 0 Å². The van der Waals surface area contributed by atoms with Gasteiger partial charge < -0.3 is 13.9 Å². The zero-order chi connectivity index (χ0) is 24.9. The summed E-state index contributed by atoms with van der Waals surface area (Å²) in [6, 6.07) is 13.7. The fourth-order valence-electron chi connectivity index (χ4n) is 3.09. The molecule has 0 aliphatic heterocycles. The van der Waals surface area contributed by atoms with Crippen LogP contribution in [0.25, 0.3) is 22.9 Å². The standard InChI is InChI=1S/C28H30N2O5/c1-3-5-7-9-11-25(31)33-23-17-13-21(14-18-23)27-29-30-28(35-27)22-15-19-24(20-16-22)34-26(32)12-10-8-6-4-2/h9-20H,3-8H2,1-2H3. The van der Waals surface area contributed by atoms with Gasteiger partial charge in [0.2, 0.25) is 11.8 Å². The Kier molecular flexibility index (Phi) is 9.99. The van der Waals surface area contributed by atoms with Gasteiger partial charge in [-0.15, -0.1) is 10.2 Å². The third-order valence-electron chi connectivity index (χ3n) is 5.02. The molecule has 0 radical (unpaired) electrons. The van der Waals surface area contributed by atoms with Gasteiger partial charge in [0.1, 0.15) is 11.5 Å². The average molecular weight is 475 g/mol. The van der Waals surface area contributed by atoms with E-state index in [-0.39, 0.29) is 0 Å². The number of carbonyl (C=O) groups excluding carboxylic acids is 2. The number of nitrogens with zero attached hydrogens (tertiary/aromatic N) is 2. The highest BCUT2D eigenvalue weighted by Gasteiger charge is 2.12. The summed E-state index contributed by atoms with van der Waals surface area (Å²) in [4.78, 5) is 23.7. The highest BCUT2D eigenvalue weighted by Crippen LogP contribution is 2.26. The molecule has 0 atom stereocenters. The van der Waals surface area contributed by atoms with Crippen LogP contribution in [0, 0.1) is 0 Å². The molecule has 0 aliphatic carbocycles. The number of esters is 2.